The fraction of sp³-hybridized carbons (Fsp3) is 0.263. The van der Waals surface area contributed by atoms with Crippen LogP contribution < -0.4 is 0 Å². The second-order valence-corrected chi connectivity index (χ2v) is 27.1. The third kappa shape index (κ3) is 6.07. The maximum atomic E-state index is 6.71. The Kier molecular flexibility index (Phi) is 7.45. The molecule has 230 valence electrons. The Morgan fingerprint density at radius 2 is 1.11 bits per heavy atom. The van der Waals surface area contributed by atoms with Gasteiger partial charge in [-0.2, -0.15) is 0 Å². The van der Waals surface area contributed by atoms with E-state index in [0.717, 1.165) is 68.3 Å². The molecule has 0 aliphatic carbocycles. The lowest BCUT2D eigenvalue weighted by molar-refractivity contribution is 0.391. The molecule has 0 aliphatic heterocycles. The summed E-state index contributed by atoms with van der Waals surface area (Å²) < 4.78 is 25.7. The van der Waals surface area contributed by atoms with Gasteiger partial charge in [0.2, 0.25) is 0 Å². The number of furan rings is 2. The minimum Gasteiger partial charge on any atom is -0.456 e. The summed E-state index contributed by atoms with van der Waals surface area (Å²) in [6.45, 7) is 15.9. The second-order valence-electron chi connectivity index (χ2n) is 14.4. The third-order valence-corrected chi connectivity index (χ3v) is 18.7. The zero-order chi connectivity index (χ0) is 31.6. The first-order valence-electron chi connectivity index (χ1n) is 16.0. The van der Waals surface area contributed by atoms with Crippen LogP contribution in [0.1, 0.15) is 12.0 Å². The summed E-state index contributed by atoms with van der Waals surface area (Å²) in [5.41, 5.74) is 7.38. The van der Waals surface area contributed by atoms with Crippen molar-refractivity contribution in [2.45, 2.75) is 64.7 Å². The quantitative estimate of drug-likeness (QED) is 0.146. The number of hydrogen-bond donors (Lipinski definition) is 0. The first-order chi connectivity index (χ1) is 21.4. The highest BCUT2D eigenvalue weighted by Crippen LogP contribution is 2.41. The van der Waals surface area contributed by atoms with E-state index in [1.807, 2.05) is 12.1 Å². The lowest BCUT2D eigenvalue weighted by Gasteiger charge is -2.37. The average molecular weight is 647 g/mol. The summed E-state index contributed by atoms with van der Waals surface area (Å²) in [5, 5.41) is 6.98. The van der Waals surface area contributed by atoms with Crippen molar-refractivity contribution in [3.63, 3.8) is 0 Å². The van der Waals surface area contributed by atoms with Crippen LogP contribution >= 0.6 is 0 Å². The molecule has 2 aromatic heterocycles. The van der Waals surface area contributed by atoms with Crippen LogP contribution in [0.3, 0.4) is 0 Å². The molecule has 0 spiro atoms. The van der Waals surface area contributed by atoms with Crippen molar-refractivity contribution >= 4 is 79.8 Å². The van der Waals surface area contributed by atoms with Crippen molar-refractivity contribution in [2.75, 3.05) is 0 Å². The molecule has 4 nitrogen and oxygen atoms in total. The Labute approximate surface area is 268 Å². The summed E-state index contributed by atoms with van der Waals surface area (Å²) >= 11 is 0. The van der Waals surface area contributed by atoms with Gasteiger partial charge < -0.3 is 17.1 Å². The molecule has 0 radical (unpaired) electrons. The first-order valence-corrected chi connectivity index (χ1v) is 25.4. The van der Waals surface area contributed by atoms with Gasteiger partial charge >= 0.3 is 8.56 Å². The van der Waals surface area contributed by atoms with Crippen LogP contribution in [0.15, 0.2) is 99.8 Å². The zero-order valence-electron chi connectivity index (χ0n) is 27.4. The molecule has 0 saturated carbocycles. The molecular weight excluding hydrogens is 605 g/mol. The van der Waals surface area contributed by atoms with E-state index in [0.29, 0.717) is 0 Å². The number of benzene rings is 5. The van der Waals surface area contributed by atoms with E-state index < -0.39 is 25.2 Å². The van der Waals surface area contributed by atoms with Gasteiger partial charge in [0.15, 0.2) is 16.6 Å². The van der Waals surface area contributed by atoms with Crippen molar-refractivity contribution in [2.24, 2.45) is 0 Å². The molecule has 7 heteroatoms. The van der Waals surface area contributed by atoms with E-state index in [-0.39, 0.29) is 0 Å². The lowest BCUT2D eigenvalue weighted by Crippen LogP contribution is -2.51. The van der Waals surface area contributed by atoms with Crippen LogP contribution in [-0.2, 0) is 14.7 Å². The molecule has 0 bridgehead atoms. The zero-order valence-corrected chi connectivity index (χ0v) is 30.4. The Bertz CT molecular complexity index is 2180. The van der Waals surface area contributed by atoms with Gasteiger partial charge in [-0.15, -0.1) is 0 Å². The van der Waals surface area contributed by atoms with Gasteiger partial charge in [0.25, 0.3) is 0 Å². The lowest BCUT2D eigenvalue weighted by atomic mass is 9.98. The molecular formula is C38H42O4Si3. The Hall–Kier alpha value is -3.47. The molecule has 0 N–H and O–H groups in total. The molecule has 7 aromatic rings. The number of rotatable bonds is 9. The molecule has 0 saturated heterocycles. The van der Waals surface area contributed by atoms with E-state index >= 15 is 0 Å². The van der Waals surface area contributed by atoms with Crippen molar-refractivity contribution in [3.8, 4) is 11.1 Å². The molecule has 0 unspecified atom stereocenters. The number of para-hydroxylation sites is 1. The van der Waals surface area contributed by atoms with Gasteiger partial charge in [-0.1, -0.05) is 48.5 Å². The van der Waals surface area contributed by atoms with Gasteiger partial charge in [-0.25, -0.2) is 0 Å². The standard InChI is InChI=1S/C38H42O4Si3/c1-43(2,3)41-45(6,7)42-44(4,5)24-10-11-26-14-16-27(17-15-26)28-18-19-32-36(25-28)40-35-23-21-29-30(38(32)35)20-22-34-37(29)31-12-8-9-13-33(31)39-34/h8-9,12-23,25H,10-11,24H2,1-7H3. The maximum Gasteiger partial charge on any atom is 0.311 e. The highest BCUT2D eigenvalue weighted by atomic mass is 28.5. The normalized spacial score (nSPS) is 13.2. The predicted molar refractivity (Wildman–Crippen MR) is 198 cm³/mol. The Morgan fingerprint density at radius 3 is 1.78 bits per heavy atom. The van der Waals surface area contributed by atoms with E-state index in [4.69, 9.17) is 17.1 Å². The summed E-state index contributed by atoms with van der Waals surface area (Å²) in [6, 6.07) is 33.6. The van der Waals surface area contributed by atoms with Gasteiger partial charge in [-0.05, 0) is 135 Å². The monoisotopic (exact) mass is 646 g/mol. The molecule has 5 aromatic carbocycles. The number of fused-ring (bicyclic) bond motifs is 9. The molecule has 0 fully saturated rings. The third-order valence-electron chi connectivity index (χ3n) is 8.58. The fourth-order valence-electron chi connectivity index (χ4n) is 7.14. The molecule has 7 rings (SSSR count). The largest absolute Gasteiger partial charge is 0.456 e. The van der Waals surface area contributed by atoms with E-state index in [2.05, 4.69) is 125 Å². The highest BCUT2D eigenvalue weighted by Gasteiger charge is 2.37. The van der Waals surface area contributed by atoms with Gasteiger partial charge in [0.1, 0.15) is 22.3 Å². The second kappa shape index (κ2) is 11.1. The van der Waals surface area contributed by atoms with Crippen molar-refractivity contribution in [1.82, 2.24) is 0 Å². The minimum absolute atomic E-state index is 0.908. The maximum absolute atomic E-state index is 6.71. The van der Waals surface area contributed by atoms with Crippen LogP contribution in [0, 0.1) is 0 Å². The van der Waals surface area contributed by atoms with E-state index in [9.17, 15) is 0 Å². The average Bonchev–Trinajstić information content (AvgIpc) is 3.53. The number of hydrogen-bond acceptors (Lipinski definition) is 4. The molecule has 0 amide bonds. The summed E-state index contributed by atoms with van der Waals surface area (Å²) in [4.78, 5) is 0. The molecule has 2 heterocycles. The first kappa shape index (κ1) is 30.2. The van der Waals surface area contributed by atoms with Gasteiger partial charge in [0.05, 0.1) is 0 Å². The van der Waals surface area contributed by atoms with Gasteiger partial charge in [-0.3, -0.25) is 0 Å². The predicted octanol–water partition coefficient (Wildman–Crippen LogP) is 12.0. The topological polar surface area (TPSA) is 44.7 Å². The van der Waals surface area contributed by atoms with Crippen molar-refractivity contribution in [3.05, 3.63) is 96.6 Å². The highest BCUT2D eigenvalue weighted by molar-refractivity contribution is 6.87. The van der Waals surface area contributed by atoms with Crippen molar-refractivity contribution in [1.29, 1.82) is 0 Å². The number of aryl methyl sites for hydroxylation is 1. The van der Waals surface area contributed by atoms with Gasteiger partial charge in [0, 0.05) is 21.5 Å². The van der Waals surface area contributed by atoms with Crippen LogP contribution in [0.4, 0.5) is 0 Å². The molecule has 0 atom stereocenters. The smallest absolute Gasteiger partial charge is 0.311 e. The Morgan fingerprint density at radius 1 is 0.533 bits per heavy atom. The Balaban J connectivity index is 1.10. The summed E-state index contributed by atoms with van der Waals surface area (Å²) in [7, 11) is -5.50. The fourth-order valence-corrected chi connectivity index (χ4v) is 20.3. The van der Waals surface area contributed by atoms with Crippen LogP contribution in [0.5, 0.6) is 0 Å². The van der Waals surface area contributed by atoms with E-state index in [1.165, 1.54) is 21.9 Å². The summed E-state index contributed by atoms with van der Waals surface area (Å²) in [5.74, 6) is 0. The van der Waals surface area contributed by atoms with Crippen LogP contribution in [0.2, 0.25) is 51.9 Å². The van der Waals surface area contributed by atoms with E-state index in [1.54, 1.807) is 0 Å². The van der Waals surface area contributed by atoms with Crippen LogP contribution in [0.25, 0.3) is 65.8 Å². The van der Waals surface area contributed by atoms with Crippen LogP contribution in [-0.4, -0.2) is 25.2 Å². The summed E-state index contributed by atoms with van der Waals surface area (Å²) in [6.07, 6.45) is 2.20. The minimum atomic E-state index is -2.10. The molecule has 0 aliphatic rings. The molecule has 45 heavy (non-hydrogen) atoms. The van der Waals surface area contributed by atoms with Crippen molar-refractivity contribution < 1.29 is 17.1 Å². The SMILES string of the molecule is C[Si](C)(C)O[Si](C)(C)O[Si](C)(C)CCCc1ccc(-c2ccc3c(c2)oc2ccc4c(ccc5oc6ccccc6c54)c23)cc1.